The molecule has 0 heterocycles. The molecule has 0 aliphatic rings. The van der Waals surface area contributed by atoms with Crippen molar-refractivity contribution >= 4 is 295 Å². The van der Waals surface area contributed by atoms with E-state index in [-0.39, 0.29) is 264 Å². The summed E-state index contributed by atoms with van der Waals surface area (Å²) in [5.74, 6) is 0. The molecule has 0 atom stereocenters. The van der Waals surface area contributed by atoms with Gasteiger partial charge in [-0.2, -0.15) is 0 Å². The summed E-state index contributed by atoms with van der Waals surface area (Å²) in [5, 5.41) is 69.7. The van der Waals surface area contributed by atoms with Gasteiger partial charge in [0.2, 0.25) is 0 Å². The zero-order valence-corrected chi connectivity index (χ0v) is 9.01. The van der Waals surface area contributed by atoms with Crippen molar-refractivity contribution in [1.29, 1.82) is 0 Å². The van der Waals surface area contributed by atoms with Crippen LogP contribution in [0, 0.1) is 0 Å². The topological polar surface area (TPSA) is 288 Å². The van der Waals surface area contributed by atoms with E-state index >= 15 is 0 Å². The van der Waals surface area contributed by atoms with E-state index in [9.17, 15) is 0 Å². The number of hydrogen-bond acceptors (Lipinski definition) is 5. The molecule has 0 aliphatic heterocycles. The maximum absolute atomic E-state index is 8.56. The first-order valence-corrected chi connectivity index (χ1v) is 3.26. The summed E-state index contributed by atoms with van der Waals surface area (Å²) in [6, 6.07) is 0. The molecule has 10 N–H and O–H groups in total. The van der Waals surface area contributed by atoms with Gasteiger partial charge in [-0.15, -0.1) is 0 Å². The molecule has 0 unspecified atom stereocenters. The number of hydrogen-bond donors (Lipinski definition) is 10. The predicted octanol–water partition coefficient (Wildman–Crippen LogP) is -5.30. The Morgan fingerprint density at radius 3 is 0.259 bits per heavy atom. The van der Waals surface area contributed by atoms with Gasteiger partial charge in [0, 0.05) is 0 Å². The third kappa shape index (κ3) is 993. The van der Waals surface area contributed by atoms with Crippen LogP contribution in [0.3, 0.4) is 0 Å². The Labute approximate surface area is 360 Å². The summed E-state index contributed by atoms with van der Waals surface area (Å²) in [6.07, 6.45) is -9.17. The first-order chi connectivity index (χ1) is 8.66. The number of carbonyl (C=O) groups is 5. The van der Waals surface area contributed by atoms with E-state index in [0.717, 1.165) is 0 Å². The van der Waals surface area contributed by atoms with Crippen LogP contribution in [0.2, 0.25) is 0 Å². The van der Waals surface area contributed by atoms with Crippen molar-refractivity contribution in [2.45, 2.75) is 0 Å². The molecule has 27 heavy (non-hydrogen) atoms. The van der Waals surface area contributed by atoms with Crippen molar-refractivity contribution in [3.05, 3.63) is 0 Å². The molecule has 0 radical (unpaired) electrons. The molecule has 0 aliphatic carbocycles. The van der Waals surface area contributed by atoms with Crippen molar-refractivity contribution in [3.63, 3.8) is 0 Å². The van der Waals surface area contributed by atoms with Gasteiger partial charge in [0.25, 0.3) is 0 Å². The van der Waals surface area contributed by atoms with Gasteiger partial charge in [-0.1, -0.05) is 0 Å². The first kappa shape index (κ1) is 76.8. The van der Waals surface area contributed by atoms with Gasteiger partial charge in [0.1, 0.15) is 0 Å². The van der Waals surface area contributed by atoms with Crippen LogP contribution < -0.4 is 0 Å². The second kappa shape index (κ2) is 69.7. The summed E-state index contributed by atoms with van der Waals surface area (Å²) < 4.78 is 0. The van der Waals surface area contributed by atoms with Crippen LogP contribution in [0.1, 0.15) is 0 Å². The molecule has 0 aromatic rings. The monoisotopic (exact) mass is 604 g/mol. The van der Waals surface area contributed by atoms with Crippen LogP contribution in [0.4, 0.5) is 24.0 Å². The molecule has 148 valence electrons. The molecule has 0 amide bonds. The Hall–Kier alpha value is 5.17. The Morgan fingerprint density at radius 2 is 0.259 bits per heavy atom. The third-order valence-corrected chi connectivity index (χ3v) is 0. The normalized spacial score (nSPS) is 4.44. The third-order valence-electron chi connectivity index (χ3n) is 0. The quantitative estimate of drug-likeness (QED) is 0.116. The van der Waals surface area contributed by atoms with E-state index in [0.29, 0.717) is 0 Å². The maximum atomic E-state index is 8.56. The van der Waals surface area contributed by atoms with Crippen LogP contribution in [0.15, 0.2) is 0 Å². The van der Waals surface area contributed by atoms with E-state index in [1.165, 1.54) is 0 Å². The molecule has 0 aromatic carbocycles. The van der Waals surface area contributed by atoms with Gasteiger partial charge in [0.15, 0.2) is 0 Å². The molecule has 0 aromatic heterocycles. The molecular weight excluding hydrogens is 581 g/mol. The van der Waals surface area contributed by atoms with E-state index in [1.54, 1.807) is 0 Å². The molecular formula is C5H24Ca7O15. The standard InChI is InChI=1S/5CH2O3.7Ca.14H/c5*2-1(3)4;;;;;;;;;;;;;;;;;;;;;/h5*(H2,2,3,4);;;;;;;;;;;;;;;;;;;;;. The second-order valence-electron chi connectivity index (χ2n) is 1.41. The van der Waals surface area contributed by atoms with Gasteiger partial charge in [-0.3, -0.25) is 0 Å². The molecule has 0 fully saturated rings. The van der Waals surface area contributed by atoms with E-state index in [4.69, 9.17) is 75.0 Å². The number of carboxylic acid groups (broad SMARTS) is 10. The van der Waals surface area contributed by atoms with Gasteiger partial charge < -0.3 is 51.1 Å². The molecule has 0 rings (SSSR count). The molecule has 0 saturated carbocycles. The summed E-state index contributed by atoms with van der Waals surface area (Å²) >= 11 is 0. The van der Waals surface area contributed by atoms with Crippen LogP contribution in [-0.4, -0.2) is 346 Å². The average molecular weight is 605 g/mol. The fourth-order valence-corrected chi connectivity index (χ4v) is 0. The van der Waals surface area contributed by atoms with Gasteiger partial charge in [0.05, 0.1) is 0 Å². The van der Waals surface area contributed by atoms with Gasteiger partial charge in [-0.25, -0.2) is 24.0 Å². The van der Waals surface area contributed by atoms with Crippen molar-refractivity contribution in [3.8, 4) is 0 Å². The average Bonchev–Trinajstić information content (AvgIpc) is 1.94. The molecule has 0 saturated heterocycles. The summed E-state index contributed by atoms with van der Waals surface area (Å²) in [7, 11) is 0. The van der Waals surface area contributed by atoms with Crippen molar-refractivity contribution < 1.29 is 75.0 Å². The van der Waals surface area contributed by atoms with E-state index < -0.39 is 30.8 Å². The van der Waals surface area contributed by atoms with E-state index in [1.807, 2.05) is 0 Å². The Kier molecular flexibility index (Phi) is 198. The fraction of sp³-hybridized carbons (Fsp3) is 0. The minimum atomic E-state index is -1.83. The van der Waals surface area contributed by atoms with Crippen molar-refractivity contribution in [2.75, 3.05) is 0 Å². The van der Waals surface area contributed by atoms with Crippen LogP contribution >= 0.6 is 0 Å². The molecule has 22 heteroatoms. The van der Waals surface area contributed by atoms with Gasteiger partial charge in [-0.05, 0) is 0 Å². The Balaban J connectivity index is -0.00000000978. The molecule has 0 bridgehead atoms. The summed E-state index contributed by atoms with van der Waals surface area (Å²) in [4.78, 5) is 42.8. The summed E-state index contributed by atoms with van der Waals surface area (Å²) in [5.41, 5.74) is 0. The minimum absolute atomic E-state index is 0. The fourth-order valence-electron chi connectivity index (χ4n) is 0. The van der Waals surface area contributed by atoms with Crippen molar-refractivity contribution in [2.24, 2.45) is 0 Å². The second-order valence-corrected chi connectivity index (χ2v) is 1.41. The van der Waals surface area contributed by atoms with E-state index in [2.05, 4.69) is 0 Å². The van der Waals surface area contributed by atoms with Crippen LogP contribution in [0.25, 0.3) is 0 Å². The van der Waals surface area contributed by atoms with Crippen LogP contribution in [0.5, 0.6) is 0 Å². The SMILES string of the molecule is O=C(O)O.O=C(O)O.O=C(O)O.O=C(O)O.O=C(O)O.[CaH2].[CaH2].[CaH2].[CaH2].[CaH2].[CaH2].[CaH2]. The molecule has 15 nitrogen and oxygen atoms in total. The number of rotatable bonds is 0. The Morgan fingerprint density at radius 1 is 0.259 bits per heavy atom. The van der Waals surface area contributed by atoms with Gasteiger partial charge >= 0.3 is 295 Å². The Bertz CT molecular complexity index is 223. The van der Waals surface area contributed by atoms with Crippen molar-refractivity contribution in [1.82, 2.24) is 0 Å². The summed E-state index contributed by atoms with van der Waals surface area (Å²) in [6.45, 7) is 0. The zero-order chi connectivity index (χ0) is 17.9. The molecule has 0 spiro atoms. The first-order valence-electron chi connectivity index (χ1n) is 3.26. The predicted molar refractivity (Wildman–Crippen MR) is 113 cm³/mol. The zero-order valence-electron chi connectivity index (χ0n) is 9.01. The van der Waals surface area contributed by atoms with Crippen LogP contribution in [-0.2, 0) is 0 Å².